The van der Waals surface area contributed by atoms with Crippen molar-refractivity contribution in [2.75, 3.05) is 13.1 Å². The van der Waals surface area contributed by atoms with Gasteiger partial charge >= 0.3 is 0 Å². The number of rotatable bonds is 7. The fourth-order valence-corrected chi connectivity index (χ4v) is 2.39. The van der Waals surface area contributed by atoms with E-state index in [-0.39, 0.29) is 0 Å². The summed E-state index contributed by atoms with van der Waals surface area (Å²) in [6.07, 6.45) is 0. The Labute approximate surface area is 116 Å². The predicted octanol–water partition coefficient (Wildman–Crippen LogP) is 0.0118. The van der Waals surface area contributed by atoms with E-state index in [9.17, 15) is 0 Å². The van der Waals surface area contributed by atoms with E-state index in [1.807, 2.05) is 18.5 Å². The van der Waals surface area contributed by atoms with E-state index < -0.39 is 0 Å². The molecule has 0 radical (unpaired) electrons. The zero-order chi connectivity index (χ0) is 13.7. The summed E-state index contributed by atoms with van der Waals surface area (Å²) < 4.78 is 3.77. The molecule has 9 heteroatoms. The van der Waals surface area contributed by atoms with Crippen LogP contribution in [0, 0.1) is 6.92 Å². The molecule has 8 nitrogen and oxygen atoms in total. The third kappa shape index (κ3) is 3.51. The van der Waals surface area contributed by atoms with Gasteiger partial charge in [-0.25, -0.2) is 4.68 Å². The topological polar surface area (TPSA) is 86.3 Å². The van der Waals surface area contributed by atoms with Gasteiger partial charge in [0.25, 0.3) is 0 Å². The molecule has 0 amide bonds. The van der Waals surface area contributed by atoms with Crippen LogP contribution in [-0.2, 0) is 19.3 Å². The van der Waals surface area contributed by atoms with E-state index in [1.165, 1.54) is 0 Å². The molecule has 0 bridgehead atoms. The summed E-state index contributed by atoms with van der Waals surface area (Å²) in [5.74, 6) is 2.53. The van der Waals surface area contributed by atoms with Gasteiger partial charge in [-0.3, -0.25) is 0 Å². The maximum Gasteiger partial charge on any atom is 0.209 e. The summed E-state index contributed by atoms with van der Waals surface area (Å²) in [7, 11) is 1.96. The lowest BCUT2D eigenvalue weighted by Crippen LogP contribution is -2.20. The molecule has 0 aliphatic rings. The molecule has 1 N–H and O–H groups in total. The van der Waals surface area contributed by atoms with Gasteiger partial charge < -0.3 is 9.88 Å². The number of nitrogens with zero attached hydrogens (tertiary/aromatic N) is 7. The van der Waals surface area contributed by atoms with Gasteiger partial charge in [-0.2, -0.15) is 0 Å². The van der Waals surface area contributed by atoms with Crippen LogP contribution >= 0.6 is 11.8 Å². The lowest BCUT2D eigenvalue weighted by Gasteiger charge is -2.04. The van der Waals surface area contributed by atoms with Gasteiger partial charge in [0.15, 0.2) is 0 Å². The predicted molar refractivity (Wildman–Crippen MR) is 71.7 cm³/mol. The van der Waals surface area contributed by atoms with Gasteiger partial charge in [-0.1, -0.05) is 18.7 Å². The molecule has 2 aromatic heterocycles. The molecular weight excluding hydrogens is 264 g/mol. The summed E-state index contributed by atoms with van der Waals surface area (Å²) in [6, 6.07) is 0. The molecule has 0 atom stereocenters. The Morgan fingerprint density at radius 3 is 2.79 bits per heavy atom. The van der Waals surface area contributed by atoms with Crippen LogP contribution in [0.5, 0.6) is 0 Å². The SMILES string of the molecule is CCNCCn1nnnc1SCc1nnc(C)n1C. The second-order valence-electron chi connectivity index (χ2n) is 4.05. The van der Waals surface area contributed by atoms with E-state index in [2.05, 4.69) is 38.0 Å². The summed E-state index contributed by atoms with van der Waals surface area (Å²) in [4.78, 5) is 0. The molecule has 2 rings (SSSR count). The van der Waals surface area contributed by atoms with Crippen molar-refractivity contribution < 1.29 is 0 Å². The Kier molecular flexibility index (Phi) is 4.86. The van der Waals surface area contributed by atoms with Crippen molar-refractivity contribution in [1.29, 1.82) is 0 Å². The van der Waals surface area contributed by atoms with Crippen molar-refractivity contribution in [3.05, 3.63) is 11.6 Å². The Balaban J connectivity index is 1.92. The normalized spacial score (nSPS) is 11.1. The van der Waals surface area contributed by atoms with Gasteiger partial charge in [0, 0.05) is 13.6 Å². The van der Waals surface area contributed by atoms with E-state index in [1.54, 1.807) is 16.4 Å². The first-order valence-corrected chi connectivity index (χ1v) is 7.15. The molecule has 0 saturated heterocycles. The standard InChI is InChI=1S/C10H18N8S/c1-4-11-5-6-18-10(14-15-16-18)19-7-9-13-12-8(2)17(9)3/h11H,4-7H2,1-3H3. The lowest BCUT2D eigenvalue weighted by molar-refractivity contribution is 0.517. The van der Waals surface area contributed by atoms with E-state index in [4.69, 9.17) is 0 Å². The van der Waals surface area contributed by atoms with E-state index in [0.717, 1.165) is 36.4 Å². The highest BCUT2D eigenvalue weighted by Gasteiger charge is 2.10. The summed E-state index contributed by atoms with van der Waals surface area (Å²) in [5, 5.41) is 23.9. The van der Waals surface area contributed by atoms with Crippen LogP contribution in [0.25, 0.3) is 0 Å². The average molecular weight is 282 g/mol. The van der Waals surface area contributed by atoms with Crippen LogP contribution in [0.15, 0.2) is 5.16 Å². The second kappa shape index (κ2) is 6.62. The number of hydrogen-bond acceptors (Lipinski definition) is 7. The Morgan fingerprint density at radius 2 is 2.11 bits per heavy atom. The van der Waals surface area contributed by atoms with Crippen molar-refractivity contribution in [3.8, 4) is 0 Å². The molecule has 2 aromatic rings. The summed E-state index contributed by atoms with van der Waals surface area (Å²) in [5.41, 5.74) is 0. The highest BCUT2D eigenvalue weighted by atomic mass is 32.2. The maximum atomic E-state index is 4.12. The molecule has 104 valence electrons. The van der Waals surface area contributed by atoms with Crippen LogP contribution in [0.2, 0.25) is 0 Å². The fourth-order valence-electron chi connectivity index (χ4n) is 1.51. The van der Waals surface area contributed by atoms with Crippen molar-refractivity contribution >= 4 is 11.8 Å². The van der Waals surface area contributed by atoms with Crippen LogP contribution in [-0.4, -0.2) is 48.1 Å². The molecule has 0 spiro atoms. The monoisotopic (exact) mass is 282 g/mol. The summed E-state index contributed by atoms with van der Waals surface area (Å²) in [6.45, 7) is 6.58. The van der Waals surface area contributed by atoms with E-state index in [0.29, 0.717) is 5.75 Å². The van der Waals surface area contributed by atoms with Crippen molar-refractivity contribution in [2.45, 2.75) is 31.3 Å². The van der Waals surface area contributed by atoms with Gasteiger partial charge in [-0.15, -0.1) is 15.3 Å². The Bertz CT molecular complexity index is 519. The Hall–Kier alpha value is -1.48. The molecular formula is C10H18N8S. The molecule has 0 unspecified atom stereocenters. The third-order valence-corrected chi connectivity index (χ3v) is 3.72. The number of thioether (sulfide) groups is 1. The number of aromatic nitrogens is 7. The molecule has 0 aromatic carbocycles. The first-order valence-electron chi connectivity index (χ1n) is 6.17. The molecule has 0 aliphatic heterocycles. The minimum Gasteiger partial charge on any atom is -0.318 e. The first kappa shape index (κ1) is 13.9. The molecule has 0 saturated carbocycles. The maximum absolute atomic E-state index is 4.12. The number of nitrogens with one attached hydrogen (secondary N) is 1. The fraction of sp³-hybridized carbons (Fsp3) is 0.700. The lowest BCUT2D eigenvalue weighted by atomic mass is 10.6. The number of tetrazole rings is 1. The molecule has 0 aliphatic carbocycles. The molecule has 0 fully saturated rings. The van der Waals surface area contributed by atoms with Gasteiger partial charge in [0.2, 0.25) is 5.16 Å². The smallest absolute Gasteiger partial charge is 0.209 e. The molecule has 2 heterocycles. The average Bonchev–Trinajstić information content (AvgIpc) is 2.97. The van der Waals surface area contributed by atoms with Crippen LogP contribution in [0.4, 0.5) is 0 Å². The van der Waals surface area contributed by atoms with E-state index >= 15 is 0 Å². The van der Waals surface area contributed by atoms with Crippen molar-refractivity contribution in [3.63, 3.8) is 0 Å². The number of likely N-dealkylation sites (N-methyl/N-ethyl adjacent to an activating group) is 1. The first-order chi connectivity index (χ1) is 9.22. The van der Waals surface area contributed by atoms with Crippen LogP contribution < -0.4 is 5.32 Å². The minimum absolute atomic E-state index is 0.707. The van der Waals surface area contributed by atoms with Crippen molar-refractivity contribution in [2.24, 2.45) is 7.05 Å². The minimum atomic E-state index is 0.707. The third-order valence-electron chi connectivity index (χ3n) is 2.76. The summed E-state index contributed by atoms with van der Waals surface area (Å²) >= 11 is 1.57. The number of aryl methyl sites for hydroxylation is 1. The number of hydrogen-bond donors (Lipinski definition) is 1. The van der Waals surface area contributed by atoms with Gasteiger partial charge in [-0.05, 0) is 23.9 Å². The largest absolute Gasteiger partial charge is 0.318 e. The highest BCUT2D eigenvalue weighted by Crippen LogP contribution is 2.18. The van der Waals surface area contributed by atoms with Gasteiger partial charge in [0.1, 0.15) is 11.6 Å². The zero-order valence-corrected chi connectivity index (χ0v) is 12.2. The van der Waals surface area contributed by atoms with Gasteiger partial charge in [0.05, 0.1) is 12.3 Å². The quantitative estimate of drug-likeness (QED) is 0.565. The molecule has 19 heavy (non-hydrogen) atoms. The Morgan fingerprint density at radius 1 is 1.26 bits per heavy atom. The van der Waals surface area contributed by atoms with Crippen molar-refractivity contribution in [1.82, 2.24) is 40.3 Å². The second-order valence-corrected chi connectivity index (χ2v) is 4.99. The highest BCUT2D eigenvalue weighted by molar-refractivity contribution is 7.98. The zero-order valence-electron chi connectivity index (χ0n) is 11.4. The van der Waals surface area contributed by atoms with Crippen LogP contribution in [0.1, 0.15) is 18.6 Å². The van der Waals surface area contributed by atoms with Crippen LogP contribution in [0.3, 0.4) is 0 Å².